The lowest BCUT2D eigenvalue weighted by atomic mass is 9.70. The fraction of sp³-hybridized carbons (Fsp3) is 0.474. The van der Waals surface area contributed by atoms with E-state index in [1.807, 2.05) is 0 Å². The number of fused-ring (bicyclic) bond motifs is 6. The molecule has 0 heteroatoms. The Morgan fingerprint density at radius 1 is 0.114 bits per heavy atom. The van der Waals surface area contributed by atoms with Crippen LogP contribution in [0.5, 0.6) is 0 Å². The highest BCUT2D eigenvalue weighted by molar-refractivity contribution is 6.26. The molecule has 0 N–H and O–H groups in total. The van der Waals surface area contributed by atoms with E-state index in [2.05, 4.69) is 470 Å². The topological polar surface area (TPSA) is 0 Å². The zero-order valence-corrected chi connectivity index (χ0v) is 78.1. The summed E-state index contributed by atoms with van der Waals surface area (Å²) in [7, 11) is 0. The molecule has 0 atom stereocenters. The van der Waals surface area contributed by atoms with E-state index in [1.54, 1.807) is 0 Å². The van der Waals surface area contributed by atoms with Crippen LogP contribution in [0.1, 0.15) is 357 Å². The maximum absolute atomic E-state index is 2.56. The third-order valence-electron chi connectivity index (χ3n) is 22.8. The van der Waals surface area contributed by atoms with E-state index in [0.29, 0.717) is 0 Å². The molecular weight excluding hydrogens is 1370 g/mol. The predicted octanol–water partition coefficient (Wildman–Crippen LogP) is 35.0. The molecule has 0 saturated carbocycles. The van der Waals surface area contributed by atoms with Gasteiger partial charge >= 0.3 is 0 Å². The van der Waals surface area contributed by atoms with Crippen LogP contribution in [-0.4, -0.2) is 0 Å². The first kappa shape index (κ1) is 95.0. The normalized spacial score (nSPS) is 13.1. The molecule has 0 amide bonds. The van der Waals surface area contributed by atoms with Gasteiger partial charge in [0.15, 0.2) is 0 Å². The van der Waals surface area contributed by atoms with Gasteiger partial charge in [-0.1, -0.05) is 430 Å². The molecule has 0 saturated heterocycles. The Kier molecular flexibility index (Phi) is 28.1. The van der Waals surface area contributed by atoms with Gasteiger partial charge in [0, 0.05) is 0 Å². The van der Waals surface area contributed by atoms with Crippen LogP contribution in [0.3, 0.4) is 0 Å². The Morgan fingerprint density at radius 2 is 0.211 bits per heavy atom. The minimum Gasteiger partial charge on any atom is -0.0776 e. The summed E-state index contributed by atoms with van der Waals surface area (Å²) in [6.45, 7) is 90.1. The molecule has 11 aromatic carbocycles. The van der Waals surface area contributed by atoms with Gasteiger partial charge in [0.25, 0.3) is 0 Å². The summed E-state index contributed by atoms with van der Waals surface area (Å²) >= 11 is 0. The molecule has 11 rings (SSSR count). The fourth-order valence-corrected chi connectivity index (χ4v) is 15.3. The van der Waals surface area contributed by atoms with Crippen LogP contribution in [0, 0.1) is 0 Å². The van der Waals surface area contributed by atoms with Crippen molar-refractivity contribution in [1.29, 1.82) is 0 Å². The van der Waals surface area contributed by atoms with Crippen molar-refractivity contribution in [2.24, 2.45) is 0 Å². The lowest BCUT2D eigenvalue weighted by Gasteiger charge is -2.34. The predicted molar refractivity (Wildman–Crippen MR) is 517 cm³/mol. The Hall–Kier alpha value is -7.80. The third-order valence-corrected chi connectivity index (χ3v) is 22.8. The molecule has 614 valence electrons. The standard InChI is InChI=1S/C42H60.C36H42.C20H26.C14H22.2CH4/c1-37(2,3)31-19-25-26(20-32(31)38(4,5)6)28-22-34(40(10,11)12)36(42(16,17)18)24-30(28)29-23-35(41(13,14)15)33(21-27(25)29)39(7,8)9;1-34(2,3)31-16-10-25(11-17-31)28-22-29(26-12-18-32(19-13-26)35(4,5)6)24-30(23-28)27-14-20-33(21-15-27)36(7,8)9;1-19(2,3)17-11-7-15(8-12-17)16-9-13-18(14-10-16)20(4,5)6;1-13(2,3)11-7-9-12(10-8-11)14(4,5)6;;/h19-24H,1-18H3;10-24H,1-9H3;7-14H,1-6H3;7-10H,1-6H3;2*1H4. The molecule has 0 bridgehead atoms. The summed E-state index contributed by atoms with van der Waals surface area (Å²) < 4.78 is 0. The van der Waals surface area contributed by atoms with E-state index in [-0.39, 0.29) is 85.2 Å². The van der Waals surface area contributed by atoms with Crippen LogP contribution in [0.15, 0.2) is 200 Å². The first-order valence-corrected chi connectivity index (χ1v) is 42.1. The summed E-state index contributed by atoms with van der Waals surface area (Å²) in [6, 6.07) is 76.6. The van der Waals surface area contributed by atoms with Crippen molar-refractivity contribution in [1.82, 2.24) is 0 Å². The van der Waals surface area contributed by atoms with E-state index in [9.17, 15) is 0 Å². The summed E-state index contributed by atoms with van der Waals surface area (Å²) in [6.07, 6.45) is 0. The Balaban J connectivity index is 0.000000253. The van der Waals surface area contributed by atoms with E-state index in [0.717, 1.165) is 0 Å². The second-order valence-corrected chi connectivity index (χ2v) is 46.3. The Bertz CT molecular complexity index is 4400. The van der Waals surface area contributed by atoms with Crippen molar-refractivity contribution >= 4 is 32.3 Å². The number of hydrogen-bond acceptors (Lipinski definition) is 0. The molecule has 0 fully saturated rings. The van der Waals surface area contributed by atoms with Crippen molar-refractivity contribution in [3.63, 3.8) is 0 Å². The number of rotatable bonds is 4. The molecule has 0 unspecified atom stereocenters. The van der Waals surface area contributed by atoms with Gasteiger partial charge in [-0.05, 0) is 274 Å². The molecule has 0 nitrogen and oxygen atoms in total. The van der Waals surface area contributed by atoms with Crippen LogP contribution < -0.4 is 0 Å². The molecule has 11 aromatic rings. The van der Waals surface area contributed by atoms with Gasteiger partial charge in [-0.2, -0.15) is 0 Å². The maximum Gasteiger partial charge on any atom is -0.00957 e. The fourth-order valence-electron chi connectivity index (χ4n) is 15.3. The third kappa shape index (κ3) is 23.3. The molecule has 0 spiro atoms. The highest BCUT2D eigenvalue weighted by Gasteiger charge is 2.33. The van der Waals surface area contributed by atoms with E-state index >= 15 is 0 Å². The summed E-state index contributed by atoms with van der Waals surface area (Å²) in [4.78, 5) is 0. The van der Waals surface area contributed by atoms with Gasteiger partial charge in [0.2, 0.25) is 0 Å². The van der Waals surface area contributed by atoms with Crippen molar-refractivity contribution in [2.45, 2.75) is 355 Å². The quantitative estimate of drug-likeness (QED) is 0.154. The lowest BCUT2D eigenvalue weighted by Crippen LogP contribution is -2.23. The lowest BCUT2D eigenvalue weighted by molar-refractivity contribution is 0.530. The number of hydrogen-bond donors (Lipinski definition) is 0. The highest BCUT2D eigenvalue weighted by atomic mass is 14.4. The van der Waals surface area contributed by atoms with Crippen molar-refractivity contribution in [3.05, 3.63) is 273 Å². The first-order chi connectivity index (χ1) is 50.7. The summed E-state index contributed by atoms with van der Waals surface area (Å²) in [5.41, 5.74) is 30.2. The summed E-state index contributed by atoms with van der Waals surface area (Å²) in [5, 5.41) is 8.36. The second kappa shape index (κ2) is 33.7. The monoisotopic (exact) mass is 1530 g/mol. The molecule has 0 aliphatic carbocycles. The summed E-state index contributed by atoms with van der Waals surface area (Å²) in [5.74, 6) is 0. The highest BCUT2D eigenvalue weighted by Crippen LogP contribution is 2.49. The molecule has 0 aliphatic rings. The molecular formula is C114H158. The van der Waals surface area contributed by atoms with Crippen molar-refractivity contribution in [2.75, 3.05) is 0 Å². The van der Waals surface area contributed by atoms with Gasteiger partial charge in [0.1, 0.15) is 0 Å². The maximum atomic E-state index is 2.56. The van der Waals surface area contributed by atoms with Crippen LogP contribution in [-0.2, 0) is 70.4 Å². The number of benzene rings is 11. The van der Waals surface area contributed by atoms with Crippen LogP contribution in [0.2, 0.25) is 0 Å². The average Bonchev–Trinajstić information content (AvgIpc) is 0.706. The smallest absolute Gasteiger partial charge is 0.00957 e. The van der Waals surface area contributed by atoms with E-state index < -0.39 is 0 Å². The SMILES string of the molecule is C.C.CC(C)(C)c1cc2c3cc(C(C)(C)C)c(C(C)(C)C)cc3c3cc(C(C)(C)C)c(C(C)(C)C)cc3c2cc1C(C)(C)C.CC(C)(C)c1ccc(-c2cc(-c3ccc(C(C)(C)C)cc3)cc(-c3ccc(C(C)(C)C)cc3)c2)cc1.CC(C)(C)c1ccc(-c2ccc(C(C)(C)C)cc2)cc1.CC(C)(C)c1ccc(C(C)(C)C)cc1. The molecule has 0 heterocycles. The molecule has 114 heavy (non-hydrogen) atoms. The zero-order chi connectivity index (χ0) is 84.4. The van der Waals surface area contributed by atoms with Gasteiger partial charge in [0.05, 0.1) is 0 Å². The van der Waals surface area contributed by atoms with E-state index in [4.69, 9.17) is 0 Å². The average molecular weight is 1530 g/mol. The van der Waals surface area contributed by atoms with Crippen LogP contribution in [0.4, 0.5) is 0 Å². The van der Waals surface area contributed by atoms with Crippen molar-refractivity contribution in [3.8, 4) is 44.5 Å². The van der Waals surface area contributed by atoms with Gasteiger partial charge in [-0.15, -0.1) is 0 Å². The molecule has 0 aliphatic heterocycles. The van der Waals surface area contributed by atoms with Crippen LogP contribution in [0.25, 0.3) is 76.8 Å². The van der Waals surface area contributed by atoms with Gasteiger partial charge < -0.3 is 0 Å². The largest absolute Gasteiger partial charge is 0.0776 e. The van der Waals surface area contributed by atoms with Crippen molar-refractivity contribution < 1.29 is 0 Å². The molecule has 0 radical (unpaired) electrons. The molecule has 0 aromatic heterocycles. The zero-order valence-electron chi connectivity index (χ0n) is 78.1. The minimum atomic E-state index is 0. The van der Waals surface area contributed by atoms with Gasteiger partial charge in [-0.25, -0.2) is 0 Å². The van der Waals surface area contributed by atoms with E-state index in [1.165, 1.54) is 149 Å². The second-order valence-electron chi connectivity index (χ2n) is 46.3. The van der Waals surface area contributed by atoms with Gasteiger partial charge in [-0.3, -0.25) is 0 Å². The van der Waals surface area contributed by atoms with Crippen LogP contribution >= 0.6 is 0 Å². The Morgan fingerprint density at radius 3 is 0.307 bits per heavy atom. The minimum absolute atomic E-state index is 0. The Labute approximate surface area is 700 Å². The first-order valence-electron chi connectivity index (χ1n) is 42.1.